The van der Waals surface area contributed by atoms with E-state index in [-0.39, 0.29) is 17.9 Å². The lowest BCUT2D eigenvalue weighted by Gasteiger charge is -2.11. The molecule has 0 aromatic carbocycles. The minimum Gasteiger partial charge on any atom is -0.481 e. The summed E-state index contributed by atoms with van der Waals surface area (Å²) in [6.45, 7) is 1.96. The third kappa shape index (κ3) is 2.85. The van der Waals surface area contributed by atoms with E-state index < -0.39 is 5.97 Å². The van der Waals surface area contributed by atoms with Crippen LogP contribution in [0.5, 0.6) is 0 Å². The van der Waals surface area contributed by atoms with E-state index >= 15 is 0 Å². The largest absolute Gasteiger partial charge is 0.481 e. The Hall–Kier alpha value is -1.36. The molecule has 0 aliphatic heterocycles. The van der Waals surface area contributed by atoms with Crippen molar-refractivity contribution < 1.29 is 14.7 Å². The Morgan fingerprint density at radius 2 is 2.18 bits per heavy atom. The molecule has 0 unspecified atom stereocenters. The van der Waals surface area contributed by atoms with Crippen LogP contribution in [0.15, 0.2) is 12.1 Å². The molecule has 0 spiro atoms. The number of aryl methyl sites for hydroxylation is 1. The highest BCUT2D eigenvalue weighted by atomic mass is 32.1. The fraction of sp³-hybridized carbons (Fsp3) is 0.500. The Morgan fingerprint density at radius 1 is 1.41 bits per heavy atom. The van der Waals surface area contributed by atoms with Gasteiger partial charge in [0, 0.05) is 10.9 Å². The van der Waals surface area contributed by atoms with Gasteiger partial charge in [0.05, 0.1) is 10.8 Å². The predicted molar refractivity (Wildman–Crippen MR) is 65.3 cm³/mol. The molecule has 5 heteroatoms. The fourth-order valence-electron chi connectivity index (χ4n) is 2.15. The summed E-state index contributed by atoms with van der Waals surface area (Å²) in [7, 11) is 0. The molecule has 2 N–H and O–H groups in total. The van der Waals surface area contributed by atoms with E-state index in [1.165, 1.54) is 11.3 Å². The number of carboxylic acid groups (broad SMARTS) is 1. The first-order valence-corrected chi connectivity index (χ1v) is 6.48. The molecule has 0 radical (unpaired) electrons. The van der Waals surface area contributed by atoms with Crippen LogP contribution in [0, 0.1) is 12.8 Å². The number of thiophene rings is 1. The number of rotatable bonds is 3. The molecule has 2 rings (SSSR count). The maximum atomic E-state index is 11.8. The van der Waals surface area contributed by atoms with Gasteiger partial charge in [-0.15, -0.1) is 11.3 Å². The zero-order chi connectivity index (χ0) is 12.4. The van der Waals surface area contributed by atoms with Crippen LogP contribution in [0.3, 0.4) is 0 Å². The van der Waals surface area contributed by atoms with Gasteiger partial charge in [0.25, 0.3) is 5.91 Å². The number of hydrogen-bond acceptors (Lipinski definition) is 3. The fourth-order valence-corrected chi connectivity index (χ4v) is 2.92. The van der Waals surface area contributed by atoms with Crippen molar-refractivity contribution in [1.82, 2.24) is 5.32 Å². The minimum absolute atomic E-state index is 0.00556. The highest BCUT2D eigenvalue weighted by molar-refractivity contribution is 7.13. The molecule has 2 atom stereocenters. The van der Waals surface area contributed by atoms with Crippen molar-refractivity contribution in [1.29, 1.82) is 0 Å². The first kappa shape index (κ1) is 12.1. The van der Waals surface area contributed by atoms with E-state index in [0.29, 0.717) is 17.7 Å². The van der Waals surface area contributed by atoms with Crippen LogP contribution in [-0.2, 0) is 4.79 Å². The van der Waals surface area contributed by atoms with Gasteiger partial charge in [-0.25, -0.2) is 0 Å². The van der Waals surface area contributed by atoms with Gasteiger partial charge >= 0.3 is 5.97 Å². The molecule has 1 saturated carbocycles. The average molecular weight is 253 g/mol. The second-order valence-corrected chi connectivity index (χ2v) is 5.72. The van der Waals surface area contributed by atoms with Crippen molar-refractivity contribution >= 4 is 23.2 Å². The molecule has 1 heterocycles. The number of carboxylic acids is 1. The van der Waals surface area contributed by atoms with Crippen LogP contribution in [0.1, 0.15) is 33.8 Å². The normalized spacial score (nSPS) is 23.6. The van der Waals surface area contributed by atoms with Gasteiger partial charge in [0.2, 0.25) is 0 Å². The molecule has 1 aromatic heterocycles. The Bertz CT molecular complexity index is 441. The van der Waals surface area contributed by atoms with Gasteiger partial charge in [-0.3, -0.25) is 9.59 Å². The Kier molecular flexibility index (Phi) is 3.47. The number of amides is 1. The van der Waals surface area contributed by atoms with E-state index in [2.05, 4.69) is 5.32 Å². The van der Waals surface area contributed by atoms with Gasteiger partial charge in [0.15, 0.2) is 0 Å². The van der Waals surface area contributed by atoms with Crippen LogP contribution in [0.4, 0.5) is 0 Å². The summed E-state index contributed by atoms with van der Waals surface area (Å²) in [5.74, 6) is -1.14. The van der Waals surface area contributed by atoms with Crippen LogP contribution in [0.25, 0.3) is 0 Å². The van der Waals surface area contributed by atoms with Gasteiger partial charge in [0.1, 0.15) is 0 Å². The van der Waals surface area contributed by atoms with E-state index in [9.17, 15) is 9.59 Å². The third-order valence-electron chi connectivity index (χ3n) is 3.08. The molecule has 0 bridgehead atoms. The van der Waals surface area contributed by atoms with Crippen molar-refractivity contribution in [2.45, 2.75) is 32.2 Å². The van der Waals surface area contributed by atoms with Gasteiger partial charge in [-0.05, 0) is 38.3 Å². The topological polar surface area (TPSA) is 66.4 Å². The van der Waals surface area contributed by atoms with Gasteiger partial charge in [-0.2, -0.15) is 0 Å². The monoisotopic (exact) mass is 253 g/mol. The third-order valence-corrected chi connectivity index (χ3v) is 4.08. The highest BCUT2D eigenvalue weighted by Gasteiger charge is 2.30. The molecule has 1 aromatic rings. The first-order valence-electron chi connectivity index (χ1n) is 5.66. The SMILES string of the molecule is Cc1ccc(C(=O)N[C@@H]2CC[C@@H](C(=O)O)C2)s1. The summed E-state index contributed by atoms with van der Waals surface area (Å²) in [5, 5.41) is 11.8. The summed E-state index contributed by atoms with van der Waals surface area (Å²) in [5.41, 5.74) is 0. The van der Waals surface area contributed by atoms with Crippen LogP contribution in [-0.4, -0.2) is 23.0 Å². The number of nitrogens with one attached hydrogen (secondary N) is 1. The molecule has 92 valence electrons. The Labute approximate surface area is 104 Å². The highest BCUT2D eigenvalue weighted by Crippen LogP contribution is 2.26. The molecule has 0 saturated heterocycles. The standard InChI is InChI=1S/C12H15NO3S/c1-7-2-5-10(17-7)11(14)13-9-4-3-8(6-9)12(15)16/h2,5,8-9H,3-4,6H2,1H3,(H,13,14)(H,15,16)/t8-,9-/m1/s1. The molecule has 1 amide bonds. The molecule has 4 nitrogen and oxygen atoms in total. The lowest BCUT2D eigenvalue weighted by molar-refractivity contribution is -0.141. The lowest BCUT2D eigenvalue weighted by atomic mass is 10.1. The predicted octanol–water partition coefficient (Wildman–Crippen LogP) is 2.04. The van der Waals surface area contributed by atoms with E-state index in [4.69, 9.17) is 5.11 Å². The minimum atomic E-state index is -0.756. The van der Waals surface area contributed by atoms with Crippen molar-refractivity contribution in [3.63, 3.8) is 0 Å². The summed E-state index contributed by atoms with van der Waals surface area (Å²) in [6, 6.07) is 3.72. The van der Waals surface area contributed by atoms with Crippen molar-refractivity contribution in [3.8, 4) is 0 Å². The van der Waals surface area contributed by atoms with Crippen LogP contribution >= 0.6 is 11.3 Å². The molecular formula is C12H15NO3S. The second-order valence-electron chi connectivity index (χ2n) is 4.43. The zero-order valence-corrected chi connectivity index (χ0v) is 10.4. The second kappa shape index (κ2) is 4.87. The number of carbonyl (C=O) groups is 2. The first-order chi connectivity index (χ1) is 8.06. The van der Waals surface area contributed by atoms with E-state index in [1.54, 1.807) is 6.07 Å². The Balaban J connectivity index is 1.90. The van der Waals surface area contributed by atoms with Crippen LogP contribution in [0.2, 0.25) is 0 Å². The summed E-state index contributed by atoms with van der Waals surface area (Å²) in [4.78, 5) is 24.4. The summed E-state index contributed by atoms with van der Waals surface area (Å²) >= 11 is 1.46. The zero-order valence-electron chi connectivity index (χ0n) is 9.60. The van der Waals surface area contributed by atoms with Crippen LogP contribution < -0.4 is 5.32 Å². The van der Waals surface area contributed by atoms with E-state index in [1.807, 2.05) is 13.0 Å². The average Bonchev–Trinajstić information content (AvgIpc) is 2.86. The molecular weight excluding hydrogens is 238 g/mol. The number of hydrogen-bond donors (Lipinski definition) is 2. The molecule has 1 fully saturated rings. The van der Waals surface area contributed by atoms with Crippen molar-refractivity contribution in [3.05, 3.63) is 21.9 Å². The maximum Gasteiger partial charge on any atom is 0.306 e. The summed E-state index contributed by atoms with van der Waals surface area (Å²) in [6.07, 6.45) is 1.96. The smallest absolute Gasteiger partial charge is 0.306 e. The van der Waals surface area contributed by atoms with E-state index in [0.717, 1.165) is 11.3 Å². The molecule has 17 heavy (non-hydrogen) atoms. The quantitative estimate of drug-likeness (QED) is 0.866. The summed E-state index contributed by atoms with van der Waals surface area (Å²) < 4.78 is 0. The number of carbonyl (C=O) groups excluding carboxylic acids is 1. The molecule has 1 aliphatic carbocycles. The van der Waals surface area contributed by atoms with Gasteiger partial charge < -0.3 is 10.4 Å². The van der Waals surface area contributed by atoms with Crippen molar-refractivity contribution in [2.75, 3.05) is 0 Å². The maximum absolute atomic E-state index is 11.8. The van der Waals surface area contributed by atoms with Gasteiger partial charge in [-0.1, -0.05) is 0 Å². The van der Waals surface area contributed by atoms with Crippen molar-refractivity contribution in [2.24, 2.45) is 5.92 Å². The molecule has 1 aliphatic rings. The number of aliphatic carboxylic acids is 1. The Morgan fingerprint density at radius 3 is 2.71 bits per heavy atom. The lowest BCUT2D eigenvalue weighted by Crippen LogP contribution is -2.32.